The van der Waals surface area contributed by atoms with Crippen LogP contribution in [-0.4, -0.2) is 55.2 Å². The number of likely N-dealkylation sites (tertiary alicyclic amines) is 1. The van der Waals surface area contributed by atoms with E-state index in [0.717, 1.165) is 17.0 Å². The number of piperidine rings is 1. The molecule has 6 nitrogen and oxygen atoms in total. The van der Waals surface area contributed by atoms with Crippen LogP contribution in [0.2, 0.25) is 5.02 Å². The zero-order chi connectivity index (χ0) is 22.2. The SMILES string of the molecule is CN1CC[C@H]([C@@H](NC(=O)[C@@H]2CNC(=O)N2)c2ccc(F)c(Cl)c2F)CC1C(F)(F)F. The van der Waals surface area contributed by atoms with Crippen LogP contribution in [0.3, 0.4) is 0 Å². The molecular formula is C18H20ClF5N4O2. The summed E-state index contributed by atoms with van der Waals surface area (Å²) in [6, 6.07) is -2.54. The van der Waals surface area contributed by atoms with Crippen LogP contribution in [0, 0.1) is 17.6 Å². The van der Waals surface area contributed by atoms with Gasteiger partial charge in [0.15, 0.2) is 0 Å². The number of nitrogens with zero attached hydrogens (tertiary/aromatic N) is 1. The van der Waals surface area contributed by atoms with Crippen molar-refractivity contribution in [2.75, 3.05) is 20.1 Å². The van der Waals surface area contributed by atoms with Crippen LogP contribution in [-0.2, 0) is 4.79 Å². The standard InChI is InChI=1S/C18H20ClF5N4O2/c1-28-5-4-8(6-12(28)18(22,23)24)15(9-2-3-10(20)13(19)14(9)21)27-16(29)11-7-25-17(30)26-11/h2-3,8,11-12,15H,4-7H2,1H3,(H,27,29)(H2,25,26,30)/t8-,11-,12?,15+/m0/s1. The maximum absolute atomic E-state index is 14.7. The van der Waals surface area contributed by atoms with Gasteiger partial charge in [-0.25, -0.2) is 13.6 Å². The topological polar surface area (TPSA) is 73.5 Å². The molecule has 30 heavy (non-hydrogen) atoms. The van der Waals surface area contributed by atoms with Gasteiger partial charge in [-0.1, -0.05) is 17.7 Å². The zero-order valence-electron chi connectivity index (χ0n) is 15.8. The second-order valence-corrected chi connectivity index (χ2v) is 7.86. The molecule has 2 aliphatic rings. The van der Waals surface area contributed by atoms with Gasteiger partial charge in [0, 0.05) is 12.1 Å². The number of hydrogen-bond donors (Lipinski definition) is 3. The molecule has 2 heterocycles. The smallest absolute Gasteiger partial charge is 0.347 e. The molecule has 0 radical (unpaired) electrons. The largest absolute Gasteiger partial charge is 0.404 e. The molecule has 166 valence electrons. The summed E-state index contributed by atoms with van der Waals surface area (Å²) in [6.07, 6.45) is -4.67. The van der Waals surface area contributed by atoms with E-state index in [0.29, 0.717) is 0 Å². The van der Waals surface area contributed by atoms with Crippen LogP contribution in [0.1, 0.15) is 24.4 Å². The molecule has 1 aromatic rings. The summed E-state index contributed by atoms with van der Waals surface area (Å²) in [5.74, 6) is -3.65. The maximum atomic E-state index is 14.7. The van der Waals surface area contributed by atoms with Crippen molar-refractivity contribution in [3.63, 3.8) is 0 Å². The van der Waals surface area contributed by atoms with Crippen LogP contribution in [0.25, 0.3) is 0 Å². The minimum absolute atomic E-state index is 0.0252. The highest BCUT2D eigenvalue weighted by molar-refractivity contribution is 6.31. The van der Waals surface area contributed by atoms with Crippen molar-refractivity contribution in [2.45, 2.75) is 37.1 Å². The zero-order valence-corrected chi connectivity index (χ0v) is 16.6. The van der Waals surface area contributed by atoms with Crippen LogP contribution in [0.4, 0.5) is 26.7 Å². The Morgan fingerprint density at radius 2 is 2.03 bits per heavy atom. The van der Waals surface area contributed by atoms with Crippen LogP contribution >= 0.6 is 11.6 Å². The summed E-state index contributed by atoms with van der Waals surface area (Å²) in [5.41, 5.74) is -0.206. The monoisotopic (exact) mass is 454 g/mol. The second kappa shape index (κ2) is 8.54. The number of urea groups is 1. The van der Waals surface area contributed by atoms with E-state index >= 15 is 0 Å². The normalized spacial score (nSPS) is 26.1. The minimum atomic E-state index is -4.51. The fourth-order valence-corrected chi connectivity index (χ4v) is 4.07. The van der Waals surface area contributed by atoms with Crippen LogP contribution < -0.4 is 16.0 Å². The third-order valence-electron chi connectivity index (χ3n) is 5.55. The molecular weight excluding hydrogens is 435 g/mol. The van der Waals surface area contributed by atoms with E-state index in [4.69, 9.17) is 11.6 Å². The summed E-state index contributed by atoms with van der Waals surface area (Å²) in [5, 5.41) is 6.49. The van der Waals surface area contributed by atoms with E-state index in [9.17, 15) is 31.5 Å². The molecule has 2 fully saturated rings. The molecule has 2 saturated heterocycles. The fourth-order valence-electron chi connectivity index (χ4n) is 3.89. The molecule has 0 aliphatic carbocycles. The Morgan fingerprint density at radius 1 is 1.33 bits per heavy atom. The van der Waals surface area contributed by atoms with E-state index in [1.165, 1.54) is 7.05 Å². The number of nitrogens with one attached hydrogen (secondary N) is 3. The Morgan fingerprint density at radius 3 is 2.63 bits per heavy atom. The lowest BCUT2D eigenvalue weighted by Crippen LogP contribution is -2.52. The highest BCUT2D eigenvalue weighted by Crippen LogP contribution is 2.40. The van der Waals surface area contributed by atoms with Gasteiger partial charge >= 0.3 is 12.2 Å². The number of rotatable bonds is 4. The Labute approximate surface area is 174 Å². The first kappa shape index (κ1) is 22.5. The molecule has 4 atom stereocenters. The number of carbonyl (C=O) groups excluding carboxylic acids is 2. The van der Waals surface area contributed by atoms with Crippen molar-refractivity contribution in [1.29, 1.82) is 0 Å². The van der Waals surface area contributed by atoms with Gasteiger partial charge in [0.1, 0.15) is 28.7 Å². The lowest BCUT2D eigenvalue weighted by molar-refractivity contribution is -0.192. The van der Waals surface area contributed by atoms with Gasteiger partial charge in [-0.05, 0) is 38.4 Å². The van der Waals surface area contributed by atoms with Gasteiger partial charge in [-0.2, -0.15) is 13.2 Å². The molecule has 1 unspecified atom stereocenters. The third kappa shape index (κ3) is 4.61. The summed E-state index contributed by atoms with van der Waals surface area (Å²) in [4.78, 5) is 25.0. The summed E-state index contributed by atoms with van der Waals surface area (Å²) in [6.45, 7) is 0.0438. The van der Waals surface area contributed by atoms with Crippen molar-refractivity contribution in [3.05, 3.63) is 34.4 Å². The average molecular weight is 455 g/mol. The van der Waals surface area contributed by atoms with E-state index in [-0.39, 0.29) is 25.1 Å². The minimum Gasteiger partial charge on any atom is -0.347 e. The summed E-state index contributed by atoms with van der Waals surface area (Å²) < 4.78 is 68.7. The molecule has 0 spiro atoms. The van der Waals surface area contributed by atoms with Gasteiger partial charge in [-0.15, -0.1) is 0 Å². The Bertz CT molecular complexity index is 838. The fraction of sp³-hybridized carbons (Fsp3) is 0.556. The first-order valence-electron chi connectivity index (χ1n) is 9.24. The lowest BCUT2D eigenvalue weighted by Gasteiger charge is -2.41. The number of hydrogen-bond acceptors (Lipinski definition) is 3. The highest BCUT2D eigenvalue weighted by atomic mass is 35.5. The first-order valence-corrected chi connectivity index (χ1v) is 9.62. The Hall–Kier alpha value is -2.14. The molecule has 0 aromatic heterocycles. The number of benzene rings is 1. The molecule has 1 aromatic carbocycles. The molecule has 0 bridgehead atoms. The highest BCUT2D eigenvalue weighted by Gasteiger charge is 2.47. The first-order chi connectivity index (χ1) is 14.0. The number of halogens is 6. The van der Waals surface area contributed by atoms with E-state index < -0.39 is 65.2 Å². The molecule has 0 saturated carbocycles. The quantitative estimate of drug-likeness (QED) is 0.484. The van der Waals surface area contributed by atoms with Gasteiger partial charge < -0.3 is 16.0 Å². The van der Waals surface area contributed by atoms with E-state index in [1.807, 2.05) is 0 Å². The molecule has 3 amide bonds. The Balaban J connectivity index is 1.92. The maximum Gasteiger partial charge on any atom is 0.404 e. The average Bonchev–Trinajstić information content (AvgIpc) is 3.11. The Kier molecular flexibility index (Phi) is 6.42. The van der Waals surface area contributed by atoms with Gasteiger partial charge in [-0.3, -0.25) is 9.69 Å². The van der Waals surface area contributed by atoms with Gasteiger partial charge in [0.25, 0.3) is 0 Å². The summed E-state index contributed by atoms with van der Waals surface area (Å²) >= 11 is 5.66. The van der Waals surface area contributed by atoms with Crippen LogP contribution in [0.15, 0.2) is 12.1 Å². The van der Waals surface area contributed by atoms with E-state index in [1.54, 1.807) is 0 Å². The molecule has 3 rings (SSSR count). The van der Waals surface area contributed by atoms with Crippen LogP contribution in [0.5, 0.6) is 0 Å². The van der Waals surface area contributed by atoms with Gasteiger partial charge in [0.2, 0.25) is 5.91 Å². The molecule has 12 heteroatoms. The number of carbonyl (C=O) groups is 2. The number of amides is 3. The lowest BCUT2D eigenvalue weighted by atomic mass is 9.81. The van der Waals surface area contributed by atoms with Crippen molar-refractivity contribution in [1.82, 2.24) is 20.9 Å². The predicted molar refractivity (Wildman–Crippen MR) is 97.8 cm³/mol. The molecule has 2 aliphatic heterocycles. The van der Waals surface area contributed by atoms with Gasteiger partial charge in [0.05, 0.1) is 6.04 Å². The predicted octanol–water partition coefficient (Wildman–Crippen LogP) is 2.73. The second-order valence-electron chi connectivity index (χ2n) is 7.48. The van der Waals surface area contributed by atoms with E-state index in [2.05, 4.69) is 16.0 Å². The van der Waals surface area contributed by atoms with Crippen molar-refractivity contribution in [3.8, 4) is 0 Å². The summed E-state index contributed by atoms with van der Waals surface area (Å²) in [7, 11) is 1.34. The third-order valence-corrected chi connectivity index (χ3v) is 5.89. The van der Waals surface area contributed by atoms with Crippen molar-refractivity contribution >= 4 is 23.5 Å². The van der Waals surface area contributed by atoms with Crippen molar-refractivity contribution < 1.29 is 31.5 Å². The van der Waals surface area contributed by atoms with Crippen molar-refractivity contribution in [2.24, 2.45) is 5.92 Å². The molecule has 3 N–H and O–H groups in total. The number of alkyl halides is 3.